The zero-order chi connectivity index (χ0) is 82.4. The third-order valence-electron chi connectivity index (χ3n) is 13.2. The van der Waals surface area contributed by atoms with Crippen molar-refractivity contribution in [2.24, 2.45) is 11.7 Å². The monoisotopic (exact) mass is 2640 g/mol. The highest BCUT2D eigenvalue weighted by Gasteiger charge is 2.63. The van der Waals surface area contributed by atoms with Gasteiger partial charge in [0.2, 0.25) is 21.8 Å². The second-order valence-electron chi connectivity index (χ2n) is 22.2. The van der Waals surface area contributed by atoms with Gasteiger partial charge in [0.25, 0.3) is 0 Å². The minimum Gasteiger partial charge on any atom is -0.368 e. The number of hydrogen-bond acceptors (Lipinski definition) is 4. The van der Waals surface area contributed by atoms with Gasteiger partial charge < -0.3 is 11.1 Å². The van der Waals surface area contributed by atoms with Crippen LogP contribution in [0.2, 0.25) is 10.0 Å². The molecule has 0 fully saturated rings. The van der Waals surface area contributed by atoms with Crippen LogP contribution in [0.3, 0.4) is 0 Å². The molecule has 2 amide bonds. The molecular formula is C36H106Cl2N3O4P61S. The number of halogens is 2. The minimum absolute atomic E-state index is 0.0307. The van der Waals surface area contributed by atoms with Crippen LogP contribution in [0, 0.1) is 12.8 Å². The van der Waals surface area contributed by atoms with E-state index in [4.69, 9.17) is 28.9 Å². The van der Waals surface area contributed by atoms with Gasteiger partial charge in [0.05, 0.1) is 17.0 Å². The smallest absolute Gasteiger partial charge is 0.249 e. The predicted octanol–water partition coefficient (Wildman–Crippen LogP) is 44.0. The average Bonchev–Trinajstić information content (AvgIpc) is 0.729. The standard InChI is InChI=1S/C31H33Cl2N3O4S.C5H73P61/c1-19(2)17-26(30(34)37)35-31(38)25-15-16-27(21-11-13-23(32)14-12-21)36(29(25)22-8-6-9-24(33)18-22)41(39,40)28-10-5-4-7-20(28)3;1-35(2)52(36(3)4)60(51(33)34)64(59(49(29)30)50(31)32)66(63(57(45(21)22)46(23)24)58(47(25)26)48(27)28)65(61(53(37(5)6)38(7)8)54(39(9)10)40(11)12)62(55(41(13)14)42(15)16)56(43(17)18)44(19)20/h4-15,18-19,26-27,29H,16-17H2,1-3H3,(H2,34,37)(H,35,38);6-34H2,1-5H3/t26-,27-,29-;/m0./s1. The van der Waals surface area contributed by atoms with E-state index in [0.717, 1.165) is 0 Å². The number of rotatable bonds is 40. The highest BCUT2D eigenvalue weighted by atomic mass is 35.5. The average molecular weight is 2640 g/mol. The molecule has 4 rings (SSSR count). The molecule has 0 radical (unpaired) electrons. The van der Waals surface area contributed by atoms with Crippen LogP contribution in [0.1, 0.15) is 55.5 Å². The minimum atomic E-state index is -4.20. The van der Waals surface area contributed by atoms with E-state index < -0.39 is 40.0 Å². The Morgan fingerprint density at radius 1 is 0.449 bits per heavy atom. The molecule has 1 aliphatic rings. The lowest BCUT2D eigenvalue weighted by Gasteiger charge is -2.61. The molecule has 3 aromatic carbocycles. The Bertz CT molecular complexity index is 3170. The summed E-state index contributed by atoms with van der Waals surface area (Å²) in [6.45, 7) is 12.7. The topological polar surface area (TPSA) is 110 Å². The summed E-state index contributed by atoms with van der Waals surface area (Å²) in [4.78, 5) is 26.2. The maximum Gasteiger partial charge on any atom is 0.249 e. The van der Waals surface area contributed by atoms with E-state index >= 15 is 0 Å². The maximum absolute atomic E-state index is 14.6. The summed E-state index contributed by atoms with van der Waals surface area (Å²) in [5, 5.41) is 3.67. The zero-order valence-corrected chi connectivity index (χ0v) is 124. The number of nitrogens with one attached hydrogen (secondary N) is 1. The first-order valence-corrected chi connectivity index (χ1v) is 145. The number of carbonyl (C=O) groups excluding carboxylic acids is 2. The molecule has 0 saturated heterocycles. The highest BCUT2D eigenvalue weighted by Crippen LogP contribution is 3.49. The SMILES string of the molecule is CP(C)P(P(C)C)P(P(P)P)P(P(P(P)P)P(P)P)P(P(P(P(P)P)P(P)P)P(P(P)P)P(P)P)P(P(P(P(C)P)P(P)P)P(P(P)P)P(P)P)P(P(P(P)P)P(P)P)P(P(P)P)P(P)P.Cc1ccccc1S(=O)(=O)N1[C@@H](c2cccc(Cl)c2)C(C(=O)N[C@@H](CC(C)C)C(N)=O)=CC[C@H]1c1ccc(Cl)cc1. The van der Waals surface area contributed by atoms with Crippen molar-refractivity contribution < 1.29 is 18.0 Å². The van der Waals surface area contributed by atoms with Crippen molar-refractivity contribution in [3.8, 4) is 0 Å². The molecule has 0 aliphatic carbocycles. The Morgan fingerprint density at radius 3 is 1.09 bits per heavy atom. The van der Waals surface area contributed by atoms with Crippen LogP contribution in [0.4, 0.5) is 0 Å². The molecular weight excluding hydrogens is 2530 g/mol. The van der Waals surface area contributed by atoms with E-state index in [2.05, 4.69) is 298 Å². The molecule has 3 aromatic rings. The van der Waals surface area contributed by atoms with Crippen molar-refractivity contribution in [2.45, 2.75) is 56.6 Å². The lowest BCUT2D eigenvalue weighted by atomic mass is 9.88. The molecule has 1 aliphatic heterocycles. The summed E-state index contributed by atoms with van der Waals surface area (Å²) in [6, 6.07) is 17.9. The van der Waals surface area contributed by atoms with Crippen molar-refractivity contribution in [1.29, 1.82) is 0 Å². The summed E-state index contributed by atoms with van der Waals surface area (Å²) in [5.41, 5.74) is 7.59. The Kier molecular flexibility index (Phi) is 73.3. The number of amides is 2. The Hall–Kier alpha value is 23.1. The van der Waals surface area contributed by atoms with E-state index in [9.17, 15) is 18.0 Å². The largest absolute Gasteiger partial charge is 0.368 e. The van der Waals surface area contributed by atoms with Gasteiger partial charge in [-0.05, 0) is 309 Å². The van der Waals surface area contributed by atoms with Crippen LogP contribution in [0.5, 0.6) is 0 Å². The van der Waals surface area contributed by atoms with Gasteiger partial charge >= 0.3 is 0 Å². The molecule has 0 bridgehead atoms. The lowest BCUT2D eigenvalue weighted by molar-refractivity contribution is -0.126. The van der Waals surface area contributed by atoms with E-state index in [0.29, 0.717) is 33.2 Å². The Morgan fingerprint density at radius 2 is 0.785 bits per heavy atom. The first-order valence-electron chi connectivity index (χ1n) is 29.2. The van der Waals surface area contributed by atoms with Gasteiger partial charge in [-0.15, -0.1) is 259 Å². The van der Waals surface area contributed by atoms with Crippen LogP contribution in [0.25, 0.3) is 0 Å². The van der Waals surface area contributed by atoms with Gasteiger partial charge in [-0.25, -0.2) is 8.42 Å². The molecule has 71 heteroatoms. The summed E-state index contributed by atoms with van der Waals surface area (Å²) in [6.07, 6.45) is 2.28. The molecule has 107 heavy (non-hydrogen) atoms. The quantitative estimate of drug-likeness (QED) is 0.0553. The Balaban J connectivity index is 0.000000614. The maximum atomic E-state index is 14.6. The highest BCUT2D eigenvalue weighted by molar-refractivity contribution is 9.55. The summed E-state index contributed by atoms with van der Waals surface area (Å²) < 4.78 is 30.6. The number of carbonyl (C=O) groups is 2. The molecule has 0 aromatic heterocycles. The van der Waals surface area contributed by atoms with Gasteiger partial charge in [-0.2, -0.15) is 4.31 Å². The number of sulfonamides is 1. The van der Waals surface area contributed by atoms with Crippen LogP contribution < -0.4 is 11.1 Å². The fraction of sp³-hybridized carbons (Fsp3) is 0.389. The lowest BCUT2D eigenvalue weighted by Crippen LogP contribution is -2.49. The van der Waals surface area contributed by atoms with Crippen LogP contribution in [-0.4, -0.2) is 63.9 Å². The molecule has 614 valence electrons. The molecule has 36 unspecified atom stereocenters. The van der Waals surface area contributed by atoms with E-state index in [1.807, 2.05) is 13.8 Å². The zero-order valence-electron chi connectivity index (χ0n) is 59.1. The van der Waals surface area contributed by atoms with Crippen molar-refractivity contribution in [3.63, 3.8) is 0 Å². The summed E-state index contributed by atoms with van der Waals surface area (Å²) in [7, 11) is 101. The Labute approximate surface area is 759 Å². The van der Waals surface area contributed by atoms with Gasteiger partial charge in [0.15, 0.2) is 0 Å². The van der Waals surface area contributed by atoms with E-state index in [-0.39, 0.29) is 248 Å². The van der Waals surface area contributed by atoms with Crippen molar-refractivity contribution in [3.05, 3.63) is 111 Å². The second kappa shape index (κ2) is 63.2. The third-order valence-corrected chi connectivity index (χ3v) is 458. The van der Waals surface area contributed by atoms with Crippen LogP contribution >= 0.6 is 507 Å². The summed E-state index contributed by atoms with van der Waals surface area (Å²) >= 11 is 12.5. The fourth-order valence-electron chi connectivity index (χ4n) is 9.61. The molecule has 7 nitrogen and oxygen atoms in total. The number of hydrogen-bond donors (Lipinski definition) is 2. The van der Waals surface area contributed by atoms with Crippen molar-refractivity contribution >= 4 is 529 Å². The molecule has 0 spiro atoms. The second-order valence-corrected chi connectivity index (χ2v) is 283. The first kappa shape index (κ1) is 124. The van der Waals surface area contributed by atoms with Crippen LogP contribution in [0.15, 0.2) is 89.3 Å². The molecule has 0 saturated carbocycles. The van der Waals surface area contributed by atoms with Gasteiger partial charge in [0, 0.05) is 15.6 Å². The summed E-state index contributed by atoms with van der Waals surface area (Å²) in [5.74, 6) is -1.14. The predicted molar refractivity (Wildman–Crippen MR) is 695 cm³/mol. The number of primary amides is 1. The molecule has 3 N–H and O–H groups in total. The van der Waals surface area contributed by atoms with Crippen molar-refractivity contribution in [2.75, 3.05) is 33.3 Å². The first-order chi connectivity index (χ1) is 49.4. The fourth-order valence-corrected chi connectivity index (χ4v) is 925. The van der Waals surface area contributed by atoms with E-state index in [1.54, 1.807) is 85.8 Å². The number of aryl methyl sites for hydroxylation is 1. The van der Waals surface area contributed by atoms with Gasteiger partial charge in [-0.1, -0.05) is 108 Å². The molecule has 39 atom stereocenters. The van der Waals surface area contributed by atoms with Gasteiger partial charge in [0.1, 0.15) is 6.04 Å². The number of nitrogens with two attached hydrogens (primary N) is 1. The van der Waals surface area contributed by atoms with Crippen molar-refractivity contribution in [1.82, 2.24) is 9.62 Å². The van der Waals surface area contributed by atoms with Crippen LogP contribution in [-0.2, 0) is 19.6 Å². The van der Waals surface area contributed by atoms with Gasteiger partial charge in [-0.3, -0.25) is 9.59 Å². The van der Waals surface area contributed by atoms with E-state index in [1.165, 1.54) is 4.31 Å². The normalized spacial score (nSPS) is 17.9. The third kappa shape index (κ3) is 39.0. The number of benzene rings is 3. The molecule has 1 heterocycles. The number of nitrogens with zero attached hydrogens (tertiary/aromatic N) is 1.